The van der Waals surface area contributed by atoms with Gasteiger partial charge in [-0.15, -0.1) is 0 Å². The number of benzene rings is 2. The molecule has 0 bridgehead atoms. The first-order valence-corrected chi connectivity index (χ1v) is 14.1. The summed E-state index contributed by atoms with van der Waals surface area (Å²) in [5.74, 6) is 0. The maximum Gasteiger partial charge on any atom is -0.0160 e. The monoisotopic (exact) mass is 424 g/mol. The highest BCUT2D eigenvalue weighted by molar-refractivity contribution is 7.73. The van der Waals surface area contributed by atoms with Crippen molar-refractivity contribution in [1.29, 1.82) is 0 Å². The van der Waals surface area contributed by atoms with Gasteiger partial charge in [-0.05, 0) is 105 Å². The Kier molecular flexibility index (Phi) is 11.2. The molecule has 0 nitrogen and oxygen atoms in total. The van der Waals surface area contributed by atoms with Gasteiger partial charge in [-0.25, -0.2) is 0 Å². The molecule has 166 valence electrons. The summed E-state index contributed by atoms with van der Waals surface area (Å²) in [4.78, 5) is 0. The van der Waals surface area contributed by atoms with Crippen molar-refractivity contribution in [3.63, 3.8) is 0 Å². The van der Waals surface area contributed by atoms with Crippen molar-refractivity contribution in [2.45, 2.75) is 106 Å². The van der Waals surface area contributed by atoms with Crippen LogP contribution in [0.25, 0.3) is 0 Å². The Hall–Kier alpha value is -1.13. The van der Waals surface area contributed by atoms with E-state index in [1.165, 1.54) is 81.5 Å². The predicted octanol–water partition coefficient (Wildman–Crippen LogP) is 8.17. The zero-order chi connectivity index (χ0) is 21.9. The normalized spacial score (nSPS) is 12.3. The number of rotatable bonds is 13. The van der Waals surface area contributed by atoms with Crippen LogP contribution in [-0.4, -0.2) is 6.16 Å². The predicted molar refractivity (Wildman–Crippen MR) is 140 cm³/mol. The van der Waals surface area contributed by atoms with Crippen LogP contribution in [0.1, 0.15) is 100 Å². The van der Waals surface area contributed by atoms with E-state index < -0.39 is 0 Å². The largest absolute Gasteiger partial charge is 0.0654 e. The molecule has 2 aromatic rings. The molecule has 0 heterocycles. The van der Waals surface area contributed by atoms with Crippen LogP contribution < -0.4 is 10.6 Å². The number of unbranched alkanes of at least 4 members (excludes halogenated alkanes) is 3. The van der Waals surface area contributed by atoms with Crippen LogP contribution >= 0.6 is 7.92 Å². The van der Waals surface area contributed by atoms with Crippen molar-refractivity contribution in [3.8, 4) is 0 Å². The Morgan fingerprint density at radius 3 is 1.90 bits per heavy atom. The van der Waals surface area contributed by atoms with E-state index >= 15 is 0 Å². The maximum atomic E-state index is 2.55. The minimum atomic E-state index is -0.282. The second-order valence-corrected chi connectivity index (χ2v) is 11.1. The minimum absolute atomic E-state index is 0.282. The summed E-state index contributed by atoms with van der Waals surface area (Å²) < 4.78 is 0. The molecule has 30 heavy (non-hydrogen) atoms. The fraction of sp³-hybridized carbons (Fsp3) is 0.586. The van der Waals surface area contributed by atoms with Crippen LogP contribution in [0.3, 0.4) is 0 Å². The van der Waals surface area contributed by atoms with Crippen LogP contribution in [0.2, 0.25) is 0 Å². The van der Waals surface area contributed by atoms with Crippen molar-refractivity contribution in [1.82, 2.24) is 0 Å². The van der Waals surface area contributed by atoms with Gasteiger partial charge in [0.2, 0.25) is 0 Å². The topological polar surface area (TPSA) is 0 Å². The summed E-state index contributed by atoms with van der Waals surface area (Å²) >= 11 is 0. The first-order chi connectivity index (χ1) is 14.6. The summed E-state index contributed by atoms with van der Waals surface area (Å²) in [6, 6.07) is 12.0. The molecule has 0 aliphatic carbocycles. The molecule has 0 aliphatic rings. The second-order valence-electron chi connectivity index (χ2n) is 8.88. The van der Waals surface area contributed by atoms with E-state index in [0.29, 0.717) is 0 Å². The lowest BCUT2D eigenvalue weighted by atomic mass is 9.91. The average Bonchev–Trinajstić information content (AvgIpc) is 2.75. The Balaban J connectivity index is 2.65. The van der Waals surface area contributed by atoms with Gasteiger partial charge in [0.05, 0.1) is 0 Å². The standard InChI is InChI=1S/C29H45P/c1-7-11-16-25-20-21-29(27(18-13-9-3)26(25)17-12-8-2)30(22-10-4)28-19-14-15-23(5)24(28)6/h14-15,19-21H,7-13,16-18,22H2,1-6H3. The zero-order valence-corrected chi connectivity index (χ0v) is 21.5. The lowest BCUT2D eigenvalue weighted by molar-refractivity contribution is 0.737. The van der Waals surface area contributed by atoms with E-state index in [2.05, 4.69) is 71.9 Å². The second kappa shape index (κ2) is 13.3. The van der Waals surface area contributed by atoms with Gasteiger partial charge >= 0.3 is 0 Å². The van der Waals surface area contributed by atoms with Gasteiger partial charge in [0.15, 0.2) is 0 Å². The number of hydrogen-bond acceptors (Lipinski definition) is 0. The van der Waals surface area contributed by atoms with Crippen molar-refractivity contribution in [2.24, 2.45) is 0 Å². The highest BCUT2D eigenvalue weighted by atomic mass is 31.1. The summed E-state index contributed by atoms with van der Waals surface area (Å²) in [5, 5.41) is 3.31. The minimum Gasteiger partial charge on any atom is -0.0654 e. The molecule has 0 fully saturated rings. The molecule has 1 unspecified atom stereocenters. The third-order valence-corrected chi connectivity index (χ3v) is 9.43. The molecule has 2 rings (SSSR count). The highest BCUT2D eigenvalue weighted by Gasteiger charge is 2.22. The van der Waals surface area contributed by atoms with Gasteiger partial charge in [0.1, 0.15) is 0 Å². The number of hydrogen-bond donors (Lipinski definition) is 0. The molecule has 0 saturated carbocycles. The fourth-order valence-corrected chi connectivity index (χ4v) is 7.37. The van der Waals surface area contributed by atoms with Crippen LogP contribution in [0.4, 0.5) is 0 Å². The quantitative estimate of drug-likeness (QED) is 0.284. The Bertz CT molecular complexity index is 774. The molecule has 0 amide bonds. The molecule has 2 aromatic carbocycles. The van der Waals surface area contributed by atoms with Crippen LogP contribution in [0.5, 0.6) is 0 Å². The van der Waals surface area contributed by atoms with Crippen LogP contribution in [0, 0.1) is 13.8 Å². The van der Waals surface area contributed by atoms with Gasteiger partial charge < -0.3 is 0 Å². The smallest absolute Gasteiger partial charge is 0.0160 e. The van der Waals surface area contributed by atoms with E-state index in [-0.39, 0.29) is 7.92 Å². The third-order valence-electron chi connectivity index (χ3n) is 6.47. The van der Waals surface area contributed by atoms with Gasteiger partial charge in [0, 0.05) is 0 Å². The maximum absolute atomic E-state index is 2.55. The fourth-order valence-electron chi connectivity index (χ4n) is 4.50. The van der Waals surface area contributed by atoms with Crippen molar-refractivity contribution < 1.29 is 0 Å². The Morgan fingerprint density at radius 2 is 1.27 bits per heavy atom. The molecular formula is C29H45P. The average molecular weight is 425 g/mol. The third kappa shape index (κ3) is 6.43. The summed E-state index contributed by atoms with van der Waals surface area (Å²) in [7, 11) is -0.282. The first-order valence-electron chi connectivity index (χ1n) is 12.6. The number of aryl methyl sites for hydroxylation is 2. The Morgan fingerprint density at radius 1 is 0.633 bits per heavy atom. The Labute approximate surface area is 188 Å². The lowest BCUT2D eigenvalue weighted by Gasteiger charge is -2.27. The molecular weight excluding hydrogens is 379 g/mol. The van der Waals surface area contributed by atoms with E-state index in [0.717, 1.165) is 0 Å². The molecule has 0 N–H and O–H groups in total. The summed E-state index contributed by atoms with van der Waals surface area (Å²) in [6.07, 6.45) is 14.1. The molecule has 1 heteroatoms. The van der Waals surface area contributed by atoms with Crippen molar-refractivity contribution in [2.75, 3.05) is 6.16 Å². The van der Waals surface area contributed by atoms with Crippen molar-refractivity contribution in [3.05, 3.63) is 58.1 Å². The highest BCUT2D eigenvalue weighted by Crippen LogP contribution is 2.39. The zero-order valence-electron chi connectivity index (χ0n) is 20.6. The van der Waals surface area contributed by atoms with E-state index in [1.807, 2.05) is 0 Å². The molecule has 0 aliphatic heterocycles. The molecule has 0 radical (unpaired) electrons. The molecule has 0 aromatic heterocycles. The van der Waals surface area contributed by atoms with Gasteiger partial charge in [0.25, 0.3) is 0 Å². The van der Waals surface area contributed by atoms with Gasteiger partial charge in [-0.2, -0.15) is 0 Å². The molecule has 0 spiro atoms. The van der Waals surface area contributed by atoms with E-state index in [1.54, 1.807) is 27.3 Å². The SMILES string of the molecule is CCCCc1ccc(P(CCC)c2cccc(C)c2C)c(CCCC)c1CCCC. The van der Waals surface area contributed by atoms with Gasteiger partial charge in [-0.3, -0.25) is 0 Å². The van der Waals surface area contributed by atoms with E-state index in [9.17, 15) is 0 Å². The lowest BCUT2D eigenvalue weighted by Crippen LogP contribution is -2.23. The molecule has 0 saturated heterocycles. The van der Waals surface area contributed by atoms with Crippen molar-refractivity contribution >= 4 is 18.5 Å². The summed E-state index contributed by atoms with van der Waals surface area (Å²) in [6.45, 7) is 14.0. The van der Waals surface area contributed by atoms with E-state index in [4.69, 9.17) is 0 Å². The van der Waals surface area contributed by atoms with Crippen LogP contribution in [0.15, 0.2) is 30.3 Å². The van der Waals surface area contributed by atoms with Gasteiger partial charge in [-0.1, -0.05) is 83.7 Å². The van der Waals surface area contributed by atoms with Crippen LogP contribution in [-0.2, 0) is 19.3 Å². The first kappa shape index (κ1) is 25.1. The molecule has 1 atom stereocenters. The summed E-state index contributed by atoms with van der Waals surface area (Å²) in [5.41, 5.74) is 8.07.